The molecule has 2 amide bonds. The molecule has 2 heterocycles. The molecule has 0 aliphatic carbocycles. The molecule has 1 aliphatic heterocycles. The van der Waals surface area contributed by atoms with Gasteiger partial charge in [0.05, 0.1) is 9.98 Å². The monoisotopic (exact) mass is 345 g/mol. The molecule has 7 heteroatoms. The molecule has 104 valence electrons. The van der Waals surface area contributed by atoms with Crippen molar-refractivity contribution >= 4 is 39.1 Å². The van der Waals surface area contributed by atoms with Gasteiger partial charge >= 0.3 is 0 Å². The smallest absolute Gasteiger partial charge is 0.283 e. The Hall–Kier alpha value is -0.950. The second kappa shape index (κ2) is 6.00. The van der Waals surface area contributed by atoms with Crippen LogP contribution in [-0.4, -0.2) is 40.8 Å². The molecule has 19 heavy (non-hydrogen) atoms. The Bertz CT molecular complexity index is 489. The largest absolute Gasteiger partial charge is 0.353 e. The van der Waals surface area contributed by atoms with Crippen molar-refractivity contribution in [2.75, 3.05) is 13.1 Å². The second-order valence-corrected chi connectivity index (χ2v) is 7.31. The normalized spacial score (nSPS) is 19.7. The van der Waals surface area contributed by atoms with Crippen molar-refractivity contribution < 1.29 is 9.59 Å². The van der Waals surface area contributed by atoms with Gasteiger partial charge in [-0.25, -0.2) is 4.98 Å². The molecule has 1 aromatic rings. The van der Waals surface area contributed by atoms with Crippen LogP contribution in [0.3, 0.4) is 0 Å². The number of amides is 2. The van der Waals surface area contributed by atoms with Crippen molar-refractivity contribution in [3.05, 3.63) is 15.0 Å². The first-order chi connectivity index (χ1) is 8.99. The lowest BCUT2D eigenvalue weighted by Crippen LogP contribution is -2.57. The Morgan fingerprint density at radius 3 is 3.00 bits per heavy atom. The topological polar surface area (TPSA) is 62.3 Å². The number of aromatic nitrogens is 1. The van der Waals surface area contributed by atoms with Gasteiger partial charge in [-0.1, -0.05) is 13.8 Å². The van der Waals surface area contributed by atoms with Crippen LogP contribution < -0.4 is 5.32 Å². The number of nitrogens with zero attached hydrogens (tertiary/aromatic N) is 2. The van der Waals surface area contributed by atoms with E-state index in [1.807, 2.05) is 13.8 Å². The number of rotatable bonds is 3. The van der Waals surface area contributed by atoms with Crippen LogP contribution in [0.25, 0.3) is 0 Å². The van der Waals surface area contributed by atoms with Gasteiger partial charge in [0, 0.05) is 13.1 Å². The van der Waals surface area contributed by atoms with E-state index in [0.29, 0.717) is 30.4 Å². The molecule has 5 nitrogen and oxygen atoms in total. The molecule has 1 fully saturated rings. The lowest BCUT2D eigenvalue weighted by molar-refractivity contribution is -0.128. The predicted octanol–water partition coefficient (Wildman–Crippen LogP) is 1.89. The van der Waals surface area contributed by atoms with Crippen molar-refractivity contribution in [1.82, 2.24) is 15.2 Å². The zero-order valence-corrected chi connectivity index (χ0v) is 13.3. The van der Waals surface area contributed by atoms with Gasteiger partial charge in [0.15, 0.2) is 5.01 Å². The molecule has 0 unspecified atom stereocenters. The van der Waals surface area contributed by atoms with Crippen LogP contribution in [0.5, 0.6) is 0 Å². The molecule has 1 saturated heterocycles. The average molecular weight is 346 g/mol. The Morgan fingerprint density at radius 2 is 2.42 bits per heavy atom. The van der Waals surface area contributed by atoms with Crippen molar-refractivity contribution in [1.29, 1.82) is 0 Å². The minimum atomic E-state index is -0.385. The fraction of sp³-hybridized carbons (Fsp3) is 0.583. The van der Waals surface area contributed by atoms with Crippen LogP contribution in [0, 0.1) is 5.92 Å². The van der Waals surface area contributed by atoms with Crippen molar-refractivity contribution in [2.24, 2.45) is 5.92 Å². The lowest BCUT2D eigenvalue weighted by atomic mass is 10.00. The number of carbonyl (C=O) groups excluding carboxylic acids is 2. The van der Waals surface area contributed by atoms with Gasteiger partial charge in [-0.2, -0.15) is 0 Å². The Labute approximate surface area is 124 Å². The maximum absolute atomic E-state index is 12.4. The molecule has 1 aromatic heterocycles. The quantitative estimate of drug-likeness (QED) is 0.909. The Morgan fingerprint density at radius 1 is 1.68 bits per heavy atom. The van der Waals surface area contributed by atoms with E-state index in [1.165, 1.54) is 11.3 Å². The van der Waals surface area contributed by atoms with E-state index in [2.05, 4.69) is 26.2 Å². The molecule has 1 aliphatic rings. The molecule has 0 aromatic carbocycles. The molecule has 0 radical (unpaired) electrons. The molecule has 0 bridgehead atoms. The highest BCUT2D eigenvalue weighted by Gasteiger charge is 2.34. The average Bonchev–Trinajstić information content (AvgIpc) is 2.77. The van der Waals surface area contributed by atoms with Crippen LogP contribution >= 0.6 is 27.3 Å². The van der Waals surface area contributed by atoms with E-state index in [4.69, 9.17) is 0 Å². The van der Waals surface area contributed by atoms with Crippen LogP contribution in [0.2, 0.25) is 0 Å². The molecule has 2 rings (SSSR count). The van der Waals surface area contributed by atoms with Gasteiger partial charge in [0.2, 0.25) is 5.91 Å². The predicted molar refractivity (Wildman–Crippen MR) is 77.1 cm³/mol. The fourth-order valence-corrected chi connectivity index (χ4v) is 3.28. The highest BCUT2D eigenvalue weighted by molar-refractivity contribution is 9.11. The number of thiazole rings is 1. The zero-order chi connectivity index (χ0) is 14.0. The SMILES string of the molecule is CC(C)C[C@@H]1C(=O)NCCN1C(=O)c1ncc(Br)s1. The van der Waals surface area contributed by atoms with E-state index in [-0.39, 0.29) is 17.9 Å². The minimum absolute atomic E-state index is 0.0658. The summed E-state index contributed by atoms with van der Waals surface area (Å²) in [6.45, 7) is 5.14. The Kier molecular flexibility index (Phi) is 4.57. The van der Waals surface area contributed by atoms with E-state index in [1.54, 1.807) is 11.1 Å². The third-order valence-corrected chi connectivity index (χ3v) is 4.41. The number of hydrogen-bond donors (Lipinski definition) is 1. The lowest BCUT2D eigenvalue weighted by Gasteiger charge is -2.35. The van der Waals surface area contributed by atoms with E-state index in [9.17, 15) is 9.59 Å². The van der Waals surface area contributed by atoms with Crippen LogP contribution in [0.15, 0.2) is 9.98 Å². The summed E-state index contributed by atoms with van der Waals surface area (Å²) in [5.41, 5.74) is 0. The number of carbonyl (C=O) groups is 2. The van der Waals surface area contributed by atoms with Gasteiger partial charge < -0.3 is 10.2 Å². The maximum atomic E-state index is 12.4. The van der Waals surface area contributed by atoms with E-state index >= 15 is 0 Å². The zero-order valence-electron chi connectivity index (χ0n) is 10.9. The van der Waals surface area contributed by atoms with Gasteiger partial charge in [-0.15, -0.1) is 11.3 Å². The number of piperazine rings is 1. The minimum Gasteiger partial charge on any atom is -0.353 e. The molecule has 0 spiro atoms. The summed E-state index contributed by atoms with van der Waals surface area (Å²) < 4.78 is 0.817. The summed E-state index contributed by atoms with van der Waals surface area (Å²) in [5, 5.41) is 3.25. The standard InChI is InChI=1S/C12H16BrN3O2S/c1-7(2)5-8-10(17)14-3-4-16(8)12(18)11-15-6-9(13)19-11/h6-8H,3-5H2,1-2H3,(H,14,17)/t8-/m1/s1. The first kappa shape index (κ1) is 14.5. The van der Waals surface area contributed by atoms with Gasteiger partial charge in [-0.3, -0.25) is 9.59 Å². The first-order valence-electron chi connectivity index (χ1n) is 6.19. The first-order valence-corrected chi connectivity index (χ1v) is 7.80. The third kappa shape index (κ3) is 3.33. The van der Waals surface area contributed by atoms with Crippen molar-refractivity contribution in [3.63, 3.8) is 0 Å². The third-order valence-electron chi connectivity index (χ3n) is 2.95. The fourth-order valence-electron chi connectivity index (χ4n) is 2.11. The maximum Gasteiger partial charge on any atom is 0.283 e. The van der Waals surface area contributed by atoms with Gasteiger partial charge in [0.1, 0.15) is 6.04 Å². The number of nitrogens with one attached hydrogen (secondary N) is 1. The highest BCUT2D eigenvalue weighted by atomic mass is 79.9. The highest BCUT2D eigenvalue weighted by Crippen LogP contribution is 2.23. The summed E-state index contributed by atoms with van der Waals surface area (Å²) in [6.07, 6.45) is 2.28. The van der Waals surface area contributed by atoms with Gasteiger partial charge in [0.25, 0.3) is 5.91 Å². The Balaban J connectivity index is 2.19. The second-order valence-electron chi connectivity index (χ2n) is 4.90. The summed E-state index contributed by atoms with van der Waals surface area (Å²) in [7, 11) is 0. The van der Waals surface area contributed by atoms with Crippen molar-refractivity contribution in [2.45, 2.75) is 26.3 Å². The molecule has 1 atom stereocenters. The summed E-state index contributed by atoms with van der Waals surface area (Å²) in [4.78, 5) is 30.1. The van der Waals surface area contributed by atoms with E-state index < -0.39 is 0 Å². The van der Waals surface area contributed by atoms with Crippen molar-refractivity contribution in [3.8, 4) is 0 Å². The summed E-state index contributed by atoms with van der Waals surface area (Å²) in [6, 6.07) is -0.385. The number of halogens is 1. The molecular formula is C12H16BrN3O2S. The van der Waals surface area contributed by atoms with Gasteiger partial charge in [-0.05, 0) is 28.3 Å². The van der Waals surface area contributed by atoms with Crippen LogP contribution in [0.1, 0.15) is 30.1 Å². The number of hydrogen-bond acceptors (Lipinski definition) is 4. The summed E-state index contributed by atoms with van der Waals surface area (Å²) in [5.74, 6) is 0.132. The molecular weight excluding hydrogens is 330 g/mol. The van der Waals surface area contributed by atoms with Crippen LogP contribution in [0.4, 0.5) is 0 Å². The van der Waals surface area contributed by atoms with E-state index in [0.717, 1.165) is 3.79 Å². The van der Waals surface area contributed by atoms with Crippen LogP contribution in [-0.2, 0) is 4.79 Å². The molecule has 0 saturated carbocycles. The molecule has 1 N–H and O–H groups in total. The summed E-state index contributed by atoms with van der Waals surface area (Å²) >= 11 is 4.59.